The SMILES string of the molecule is CSCC1=C(C(=O)O)N2C(=O)C(NC(=O)CCCC(N)C(=O)O)C2SC1. The number of hydrogen-bond donors (Lipinski definition) is 4. The van der Waals surface area contributed by atoms with Gasteiger partial charge in [-0.25, -0.2) is 4.79 Å². The summed E-state index contributed by atoms with van der Waals surface area (Å²) in [5.41, 5.74) is 6.09. The summed E-state index contributed by atoms with van der Waals surface area (Å²) < 4.78 is 0. The molecule has 0 spiro atoms. The van der Waals surface area contributed by atoms with Gasteiger partial charge in [0.2, 0.25) is 5.91 Å². The number of carbonyl (C=O) groups is 4. The van der Waals surface area contributed by atoms with Gasteiger partial charge in [0, 0.05) is 17.9 Å². The second-order valence-corrected chi connectivity index (χ2v) is 7.95. The summed E-state index contributed by atoms with van der Waals surface area (Å²) >= 11 is 2.92. The summed E-state index contributed by atoms with van der Waals surface area (Å²) in [4.78, 5) is 47.8. The Morgan fingerprint density at radius 1 is 1.42 bits per heavy atom. The molecule has 0 radical (unpaired) electrons. The molecule has 2 rings (SSSR count). The molecule has 2 aliphatic rings. The number of rotatable bonds is 9. The van der Waals surface area contributed by atoms with Gasteiger partial charge in [-0.15, -0.1) is 11.8 Å². The molecule has 144 valence electrons. The number of carboxylic acids is 2. The molecule has 2 amide bonds. The minimum absolute atomic E-state index is 0.0195. The molecule has 0 aromatic heterocycles. The predicted octanol–water partition coefficient (Wildman–Crippen LogP) is -0.330. The van der Waals surface area contributed by atoms with Crippen LogP contribution in [0.4, 0.5) is 0 Å². The van der Waals surface area contributed by atoms with Crippen LogP contribution >= 0.6 is 23.5 Å². The fourth-order valence-electron chi connectivity index (χ4n) is 2.82. The van der Waals surface area contributed by atoms with Crippen molar-refractivity contribution in [1.82, 2.24) is 10.2 Å². The lowest BCUT2D eigenvalue weighted by Gasteiger charge is -2.49. The van der Waals surface area contributed by atoms with Gasteiger partial charge in [-0.05, 0) is 24.7 Å². The normalized spacial score (nSPS) is 23.2. The molecule has 26 heavy (non-hydrogen) atoms. The van der Waals surface area contributed by atoms with Gasteiger partial charge in [-0.1, -0.05) is 0 Å². The Hall–Kier alpha value is -1.72. The van der Waals surface area contributed by atoms with Gasteiger partial charge < -0.3 is 21.3 Å². The standard InChI is InChI=1S/C15H21N3O6S2/c1-25-5-7-6-26-13-10(12(20)18(13)11(7)15(23)24)17-9(19)4-2-3-8(16)14(21)22/h8,10,13H,2-6,16H2,1H3,(H,17,19)(H,21,22)(H,23,24). The van der Waals surface area contributed by atoms with Crippen LogP contribution in [-0.2, 0) is 19.2 Å². The average Bonchev–Trinajstić information content (AvgIpc) is 2.59. The number of nitrogens with two attached hydrogens (primary N) is 1. The van der Waals surface area contributed by atoms with Crippen LogP contribution in [0.3, 0.4) is 0 Å². The second kappa shape index (κ2) is 8.78. The van der Waals surface area contributed by atoms with Crippen molar-refractivity contribution in [3.05, 3.63) is 11.3 Å². The molecule has 5 N–H and O–H groups in total. The zero-order chi connectivity index (χ0) is 19.4. The lowest BCUT2D eigenvalue weighted by Crippen LogP contribution is -2.70. The number of thioether (sulfide) groups is 2. The van der Waals surface area contributed by atoms with Gasteiger partial charge >= 0.3 is 11.9 Å². The van der Waals surface area contributed by atoms with Crippen molar-refractivity contribution in [2.45, 2.75) is 36.7 Å². The zero-order valence-electron chi connectivity index (χ0n) is 14.1. The fourth-order valence-corrected chi connectivity index (χ4v) is 4.88. The van der Waals surface area contributed by atoms with Crippen LogP contribution in [0.2, 0.25) is 0 Å². The van der Waals surface area contributed by atoms with Crippen molar-refractivity contribution in [2.75, 3.05) is 17.8 Å². The summed E-state index contributed by atoms with van der Waals surface area (Å²) in [5, 5.41) is 20.3. The van der Waals surface area contributed by atoms with Crippen LogP contribution in [0.25, 0.3) is 0 Å². The quantitative estimate of drug-likeness (QED) is 0.379. The van der Waals surface area contributed by atoms with Crippen molar-refractivity contribution in [3.63, 3.8) is 0 Å². The number of aliphatic carboxylic acids is 2. The number of fused-ring (bicyclic) bond motifs is 1. The largest absolute Gasteiger partial charge is 0.480 e. The van der Waals surface area contributed by atoms with Gasteiger partial charge in [0.1, 0.15) is 23.2 Å². The van der Waals surface area contributed by atoms with E-state index in [0.29, 0.717) is 23.5 Å². The Labute approximate surface area is 158 Å². The Kier molecular flexibility index (Phi) is 6.95. The minimum Gasteiger partial charge on any atom is -0.480 e. The number of carboxylic acid groups (broad SMARTS) is 2. The van der Waals surface area contributed by atoms with Crippen LogP contribution < -0.4 is 11.1 Å². The van der Waals surface area contributed by atoms with Crippen molar-refractivity contribution in [1.29, 1.82) is 0 Å². The molecule has 3 atom stereocenters. The lowest BCUT2D eigenvalue weighted by molar-refractivity contribution is -0.150. The highest BCUT2D eigenvalue weighted by Crippen LogP contribution is 2.40. The molecule has 2 aliphatic heterocycles. The smallest absolute Gasteiger partial charge is 0.352 e. The van der Waals surface area contributed by atoms with Crippen molar-refractivity contribution in [3.8, 4) is 0 Å². The van der Waals surface area contributed by atoms with E-state index < -0.39 is 35.3 Å². The summed E-state index contributed by atoms with van der Waals surface area (Å²) in [5.74, 6) is -2.04. The molecule has 0 bridgehead atoms. The van der Waals surface area contributed by atoms with Crippen LogP contribution in [0.1, 0.15) is 19.3 Å². The highest BCUT2D eigenvalue weighted by atomic mass is 32.2. The van der Waals surface area contributed by atoms with E-state index in [0.717, 1.165) is 0 Å². The van der Waals surface area contributed by atoms with Crippen LogP contribution in [0.5, 0.6) is 0 Å². The second-order valence-electron chi connectivity index (χ2n) is 5.98. The van der Waals surface area contributed by atoms with Crippen molar-refractivity contribution in [2.24, 2.45) is 5.73 Å². The third-order valence-electron chi connectivity index (χ3n) is 4.12. The average molecular weight is 403 g/mol. The van der Waals surface area contributed by atoms with Gasteiger partial charge in [0.15, 0.2) is 0 Å². The summed E-state index contributed by atoms with van der Waals surface area (Å²) in [6.07, 6.45) is 2.37. The minimum atomic E-state index is -1.14. The van der Waals surface area contributed by atoms with E-state index in [9.17, 15) is 24.3 Å². The Morgan fingerprint density at radius 3 is 2.69 bits per heavy atom. The molecule has 11 heteroatoms. The third-order valence-corrected chi connectivity index (χ3v) is 6.10. The number of amides is 2. The third kappa shape index (κ3) is 4.33. The number of hydrogen-bond acceptors (Lipinski definition) is 7. The summed E-state index contributed by atoms with van der Waals surface area (Å²) in [6.45, 7) is 0. The van der Waals surface area contributed by atoms with E-state index in [-0.39, 0.29) is 24.4 Å². The molecular weight excluding hydrogens is 382 g/mol. The van der Waals surface area contributed by atoms with Crippen LogP contribution in [0.15, 0.2) is 11.3 Å². The lowest BCUT2D eigenvalue weighted by atomic mass is 10.0. The maximum Gasteiger partial charge on any atom is 0.352 e. The van der Waals surface area contributed by atoms with Crippen molar-refractivity contribution < 1.29 is 29.4 Å². The molecular formula is C15H21N3O6S2. The molecule has 2 heterocycles. The van der Waals surface area contributed by atoms with E-state index >= 15 is 0 Å². The predicted molar refractivity (Wildman–Crippen MR) is 97.5 cm³/mol. The van der Waals surface area contributed by atoms with E-state index in [1.807, 2.05) is 6.26 Å². The first kappa shape index (κ1) is 20.6. The number of β-lactam (4-membered cyclic amide) rings is 1. The molecule has 9 nitrogen and oxygen atoms in total. The topological polar surface area (TPSA) is 150 Å². The molecule has 0 aromatic rings. The molecule has 3 unspecified atom stereocenters. The first-order valence-electron chi connectivity index (χ1n) is 7.94. The summed E-state index contributed by atoms with van der Waals surface area (Å²) in [6, 6.07) is -1.78. The van der Waals surface area contributed by atoms with Gasteiger partial charge in [-0.2, -0.15) is 11.8 Å². The first-order valence-corrected chi connectivity index (χ1v) is 10.4. The van der Waals surface area contributed by atoms with E-state index in [1.165, 1.54) is 28.4 Å². The van der Waals surface area contributed by atoms with Gasteiger partial charge in [-0.3, -0.25) is 19.3 Å². The fraction of sp³-hybridized carbons (Fsp3) is 0.600. The van der Waals surface area contributed by atoms with E-state index in [4.69, 9.17) is 10.8 Å². The highest BCUT2D eigenvalue weighted by Gasteiger charge is 2.53. The monoisotopic (exact) mass is 403 g/mol. The van der Waals surface area contributed by atoms with Crippen LogP contribution in [0, 0.1) is 0 Å². The van der Waals surface area contributed by atoms with Crippen molar-refractivity contribution >= 4 is 47.3 Å². The maximum absolute atomic E-state index is 12.4. The van der Waals surface area contributed by atoms with E-state index in [1.54, 1.807) is 0 Å². The molecule has 0 aliphatic carbocycles. The van der Waals surface area contributed by atoms with E-state index in [2.05, 4.69) is 5.32 Å². The molecule has 1 fully saturated rings. The Morgan fingerprint density at radius 2 is 2.12 bits per heavy atom. The number of nitrogens with zero attached hydrogens (tertiary/aromatic N) is 1. The highest BCUT2D eigenvalue weighted by molar-refractivity contribution is 8.00. The van der Waals surface area contributed by atoms with Gasteiger partial charge in [0.05, 0.1) is 0 Å². The number of carbonyl (C=O) groups excluding carboxylic acids is 2. The molecule has 0 saturated carbocycles. The van der Waals surface area contributed by atoms with Crippen LogP contribution in [-0.4, -0.2) is 74.1 Å². The van der Waals surface area contributed by atoms with Gasteiger partial charge in [0.25, 0.3) is 5.91 Å². The molecule has 0 aromatic carbocycles. The Bertz CT molecular complexity index is 653. The zero-order valence-corrected chi connectivity index (χ0v) is 15.8. The first-order chi connectivity index (χ1) is 12.3. The Balaban J connectivity index is 1.93. The number of nitrogens with one attached hydrogen (secondary N) is 1. The molecule has 1 saturated heterocycles. The summed E-state index contributed by atoms with van der Waals surface area (Å²) in [7, 11) is 0. The maximum atomic E-state index is 12.4.